The number of hydrogen-bond acceptors (Lipinski definition) is 5. The second-order valence-corrected chi connectivity index (χ2v) is 4.81. The maximum absolute atomic E-state index is 11.0. The molecule has 0 atom stereocenters. The van der Waals surface area contributed by atoms with Crippen molar-refractivity contribution in [2.24, 2.45) is 0 Å². The molecule has 20 heavy (non-hydrogen) atoms. The summed E-state index contributed by atoms with van der Waals surface area (Å²) in [5.74, 6) is -1.21. The number of methoxy groups -OCH3 is 1. The number of nitrogens with zero attached hydrogens (tertiary/aromatic N) is 1. The minimum absolute atomic E-state index is 0.0152. The molecule has 0 heterocycles. The molecule has 0 unspecified atom stereocenters. The Kier molecular flexibility index (Phi) is 5.04. The van der Waals surface area contributed by atoms with Crippen LogP contribution in [0.4, 0.5) is 5.69 Å². The molecule has 7 heteroatoms. The second-order valence-electron chi connectivity index (χ2n) is 4.81. The third-order valence-corrected chi connectivity index (χ3v) is 2.92. The minimum atomic E-state index is -1.19. The number of nitro benzene ring substituents is 1. The van der Waals surface area contributed by atoms with E-state index in [9.17, 15) is 14.9 Å². The summed E-state index contributed by atoms with van der Waals surface area (Å²) in [4.78, 5) is 21.1. The maximum atomic E-state index is 11.0. The molecule has 1 aromatic carbocycles. The molecular weight excluding hydrogens is 266 g/mol. The molecule has 7 nitrogen and oxygen atoms in total. The maximum Gasteiger partial charge on any atom is 0.339 e. The van der Waals surface area contributed by atoms with Crippen LogP contribution in [-0.2, 0) is 4.74 Å². The number of carboxylic acid groups (broad SMARTS) is 1. The van der Waals surface area contributed by atoms with Gasteiger partial charge < -0.3 is 14.6 Å². The molecule has 0 bridgehead atoms. The Morgan fingerprint density at radius 1 is 1.45 bits per heavy atom. The summed E-state index contributed by atoms with van der Waals surface area (Å²) in [6, 6.07) is 3.41. The van der Waals surface area contributed by atoms with Gasteiger partial charge in [-0.25, -0.2) is 4.79 Å². The molecule has 0 saturated heterocycles. The van der Waals surface area contributed by atoms with Crippen LogP contribution in [0.5, 0.6) is 5.75 Å². The lowest BCUT2D eigenvalue weighted by atomic mass is 10.1. The SMILES string of the molecule is COC(C)(C)CCOc1cc([N+](=O)[O-])ccc1C(=O)O. The Labute approximate surface area is 116 Å². The molecule has 0 saturated carbocycles. The highest BCUT2D eigenvalue weighted by Gasteiger charge is 2.19. The van der Waals surface area contributed by atoms with Crippen LogP contribution in [0, 0.1) is 10.1 Å². The first-order valence-electron chi connectivity index (χ1n) is 5.96. The number of carbonyl (C=O) groups is 1. The van der Waals surface area contributed by atoms with E-state index in [0.717, 1.165) is 18.2 Å². The Bertz CT molecular complexity index is 512. The topological polar surface area (TPSA) is 98.9 Å². The predicted molar refractivity (Wildman–Crippen MR) is 71.3 cm³/mol. The van der Waals surface area contributed by atoms with Gasteiger partial charge >= 0.3 is 5.97 Å². The zero-order valence-corrected chi connectivity index (χ0v) is 11.6. The van der Waals surface area contributed by atoms with Gasteiger partial charge in [0.25, 0.3) is 5.69 Å². The highest BCUT2D eigenvalue weighted by atomic mass is 16.6. The van der Waals surface area contributed by atoms with Gasteiger partial charge in [-0.15, -0.1) is 0 Å². The highest BCUT2D eigenvalue weighted by Crippen LogP contribution is 2.25. The lowest BCUT2D eigenvalue weighted by Gasteiger charge is -2.22. The van der Waals surface area contributed by atoms with Crippen LogP contribution in [0.25, 0.3) is 0 Å². The van der Waals surface area contributed by atoms with Gasteiger partial charge in [-0.2, -0.15) is 0 Å². The number of nitro groups is 1. The van der Waals surface area contributed by atoms with Crippen LogP contribution >= 0.6 is 0 Å². The molecule has 1 rings (SSSR count). The lowest BCUT2D eigenvalue weighted by molar-refractivity contribution is -0.384. The van der Waals surface area contributed by atoms with Gasteiger partial charge in [-0.3, -0.25) is 10.1 Å². The van der Waals surface area contributed by atoms with Crippen molar-refractivity contribution in [3.8, 4) is 5.75 Å². The Morgan fingerprint density at radius 3 is 2.60 bits per heavy atom. The fraction of sp³-hybridized carbons (Fsp3) is 0.462. The average Bonchev–Trinajstić information content (AvgIpc) is 2.38. The van der Waals surface area contributed by atoms with Gasteiger partial charge in [-0.1, -0.05) is 0 Å². The molecule has 1 aromatic rings. The van der Waals surface area contributed by atoms with Crippen molar-refractivity contribution < 1.29 is 24.3 Å². The third-order valence-electron chi connectivity index (χ3n) is 2.92. The van der Waals surface area contributed by atoms with E-state index < -0.39 is 16.5 Å². The summed E-state index contributed by atoms with van der Waals surface area (Å²) in [7, 11) is 1.57. The Morgan fingerprint density at radius 2 is 2.10 bits per heavy atom. The molecule has 1 N–H and O–H groups in total. The molecule has 0 aromatic heterocycles. The Hall–Kier alpha value is -2.15. The standard InChI is InChI=1S/C13H17NO6/c1-13(2,19-3)6-7-20-11-8-9(14(17)18)4-5-10(11)12(15)16/h4-5,8H,6-7H2,1-3H3,(H,15,16). The van der Waals surface area contributed by atoms with Crippen molar-refractivity contribution in [3.05, 3.63) is 33.9 Å². The van der Waals surface area contributed by atoms with Crippen LogP contribution in [0.2, 0.25) is 0 Å². The van der Waals surface area contributed by atoms with E-state index in [1.54, 1.807) is 7.11 Å². The van der Waals surface area contributed by atoms with Crippen molar-refractivity contribution >= 4 is 11.7 Å². The number of non-ortho nitro benzene ring substituents is 1. The van der Waals surface area contributed by atoms with Gasteiger partial charge in [0.05, 0.1) is 23.2 Å². The fourth-order valence-corrected chi connectivity index (χ4v) is 1.43. The van der Waals surface area contributed by atoms with Gasteiger partial charge in [0, 0.05) is 19.6 Å². The molecule has 0 amide bonds. The van der Waals surface area contributed by atoms with Crippen LogP contribution in [0.3, 0.4) is 0 Å². The van der Waals surface area contributed by atoms with E-state index in [-0.39, 0.29) is 23.6 Å². The fourth-order valence-electron chi connectivity index (χ4n) is 1.43. The first kappa shape index (κ1) is 15.9. The van der Waals surface area contributed by atoms with Crippen molar-refractivity contribution in [2.45, 2.75) is 25.9 Å². The number of rotatable bonds is 7. The molecule has 0 spiro atoms. The summed E-state index contributed by atoms with van der Waals surface area (Å²) in [5, 5.41) is 19.7. The quantitative estimate of drug-likeness (QED) is 0.609. The Balaban J connectivity index is 2.88. The summed E-state index contributed by atoms with van der Waals surface area (Å²) >= 11 is 0. The predicted octanol–water partition coefficient (Wildman–Crippen LogP) is 2.49. The van der Waals surface area contributed by atoms with Crippen LogP contribution in [-0.4, -0.2) is 35.3 Å². The summed E-state index contributed by atoms with van der Waals surface area (Å²) in [6.45, 7) is 3.92. The van der Waals surface area contributed by atoms with E-state index in [2.05, 4.69) is 0 Å². The monoisotopic (exact) mass is 283 g/mol. The lowest BCUT2D eigenvalue weighted by Crippen LogP contribution is -2.25. The van der Waals surface area contributed by atoms with E-state index in [4.69, 9.17) is 14.6 Å². The van der Waals surface area contributed by atoms with Crippen molar-refractivity contribution in [2.75, 3.05) is 13.7 Å². The molecule has 0 aliphatic carbocycles. The van der Waals surface area contributed by atoms with Gasteiger partial charge in [-0.05, 0) is 19.9 Å². The molecule has 0 aliphatic heterocycles. The summed E-state index contributed by atoms with van der Waals surface area (Å²) in [5.41, 5.74) is -0.730. The number of carboxylic acids is 1. The third kappa shape index (κ3) is 4.20. The zero-order valence-electron chi connectivity index (χ0n) is 11.6. The molecule has 0 fully saturated rings. The average molecular weight is 283 g/mol. The normalized spacial score (nSPS) is 11.2. The number of aromatic carboxylic acids is 1. The molecule has 110 valence electrons. The zero-order chi connectivity index (χ0) is 15.3. The second kappa shape index (κ2) is 6.33. The molecular formula is C13H17NO6. The van der Waals surface area contributed by atoms with Crippen LogP contribution in [0.15, 0.2) is 18.2 Å². The van der Waals surface area contributed by atoms with Gasteiger partial charge in [0.1, 0.15) is 11.3 Å². The minimum Gasteiger partial charge on any atom is -0.492 e. The van der Waals surface area contributed by atoms with Gasteiger partial charge in [0.2, 0.25) is 0 Å². The smallest absolute Gasteiger partial charge is 0.339 e. The van der Waals surface area contributed by atoms with E-state index in [1.807, 2.05) is 13.8 Å². The molecule has 0 aliphatic rings. The van der Waals surface area contributed by atoms with E-state index >= 15 is 0 Å². The van der Waals surface area contributed by atoms with E-state index in [1.165, 1.54) is 0 Å². The van der Waals surface area contributed by atoms with Crippen molar-refractivity contribution in [1.29, 1.82) is 0 Å². The van der Waals surface area contributed by atoms with Crippen molar-refractivity contribution in [3.63, 3.8) is 0 Å². The summed E-state index contributed by atoms with van der Waals surface area (Å²) in [6.07, 6.45) is 0.519. The van der Waals surface area contributed by atoms with Crippen molar-refractivity contribution in [1.82, 2.24) is 0 Å². The van der Waals surface area contributed by atoms with Crippen LogP contribution in [0.1, 0.15) is 30.6 Å². The highest BCUT2D eigenvalue weighted by molar-refractivity contribution is 5.91. The first-order chi connectivity index (χ1) is 9.26. The largest absolute Gasteiger partial charge is 0.492 e. The number of hydrogen-bond donors (Lipinski definition) is 1. The summed E-state index contributed by atoms with van der Waals surface area (Å²) < 4.78 is 10.6. The van der Waals surface area contributed by atoms with Gasteiger partial charge in [0.15, 0.2) is 0 Å². The first-order valence-corrected chi connectivity index (χ1v) is 5.96. The number of ether oxygens (including phenoxy) is 2. The number of benzene rings is 1. The van der Waals surface area contributed by atoms with Crippen LogP contribution < -0.4 is 4.74 Å². The molecule has 0 radical (unpaired) electrons. The van der Waals surface area contributed by atoms with E-state index in [0.29, 0.717) is 6.42 Å².